The lowest BCUT2D eigenvalue weighted by atomic mass is 9.95. The third-order valence-corrected chi connectivity index (χ3v) is 3.96. The lowest BCUT2D eigenvalue weighted by molar-refractivity contribution is -0.137. The van der Waals surface area contributed by atoms with E-state index in [1.807, 2.05) is 6.07 Å². The van der Waals surface area contributed by atoms with E-state index in [1.165, 1.54) is 6.20 Å². The number of pyridine rings is 1. The summed E-state index contributed by atoms with van der Waals surface area (Å²) in [6.07, 6.45) is -1.10. The SMILES string of the molecule is CC(=N)N1C(=N)CCc2cc(-c3cncc(C(F)(F)F)c3)ccc21. The number of alkyl halides is 3. The Morgan fingerprint density at radius 3 is 2.54 bits per heavy atom. The summed E-state index contributed by atoms with van der Waals surface area (Å²) in [6, 6.07) is 6.34. The predicted molar refractivity (Wildman–Crippen MR) is 86.6 cm³/mol. The molecule has 3 rings (SSSR count). The van der Waals surface area contributed by atoms with Crippen LogP contribution >= 0.6 is 0 Å². The highest BCUT2D eigenvalue weighted by molar-refractivity contribution is 6.17. The van der Waals surface area contributed by atoms with E-state index >= 15 is 0 Å². The zero-order valence-corrected chi connectivity index (χ0v) is 12.9. The predicted octanol–water partition coefficient (Wildman–Crippen LogP) is 4.49. The lowest BCUT2D eigenvalue weighted by Crippen LogP contribution is -2.37. The summed E-state index contributed by atoms with van der Waals surface area (Å²) in [6.45, 7) is 1.61. The average molecular weight is 332 g/mol. The van der Waals surface area contributed by atoms with E-state index in [4.69, 9.17) is 10.8 Å². The summed E-state index contributed by atoms with van der Waals surface area (Å²) in [5, 5.41) is 15.8. The summed E-state index contributed by atoms with van der Waals surface area (Å²) >= 11 is 0. The third-order valence-electron chi connectivity index (χ3n) is 3.96. The average Bonchev–Trinajstić information content (AvgIpc) is 2.53. The Bertz CT molecular complexity index is 827. The van der Waals surface area contributed by atoms with E-state index in [1.54, 1.807) is 24.0 Å². The van der Waals surface area contributed by atoms with Gasteiger partial charge in [-0.25, -0.2) is 0 Å². The smallest absolute Gasteiger partial charge is 0.288 e. The van der Waals surface area contributed by atoms with Crippen LogP contribution in [0.15, 0.2) is 36.7 Å². The minimum atomic E-state index is -4.43. The molecule has 0 aliphatic carbocycles. The van der Waals surface area contributed by atoms with Crippen molar-refractivity contribution >= 4 is 17.4 Å². The molecule has 0 atom stereocenters. The first kappa shape index (κ1) is 16.2. The summed E-state index contributed by atoms with van der Waals surface area (Å²) in [7, 11) is 0. The molecule has 4 nitrogen and oxygen atoms in total. The van der Waals surface area contributed by atoms with Gasteiger partial charge in [-0.05, 0) is 42.7 Å². The molecule has 0 saturated carbocycles. The maximum atomic E-state index is 12.8. The zero-order chi connectivity index (χ0) is 17.5. The Morgan fingerprint density at radius 2 is 1.88 bits per heavy atom. The Kier molecular flexibility index (Phi) is 3.87. The molecule has 0 saturated heterocycles. The molecule has 0 unspecified atom stereocenters. The number of benzene rings is 1. The van der Waals surface area contributed by atoms with Crippen molar-refractivity contribution in [3.05, 3.63) is 47.8 Å². The first-order valence-electron chi connectivity index (χ1n) is 7.35. The number of nitrogens with zero attached hydrogens (tertiary/aromatic N) is 2. The van der Waals surface area contributed by atoms with Crippen molar-refractivity contribution in [2.75, 3.05) is 4.90 Å². The second-order valence-electron chi connectivity index (χ2n) is 5.67. The van der Waals surface area contributed by atoms with Gasteiger partial charge >= 0.3 is 6.18 Å². The number of aromatic nitrogens is 1. The van der Waals surface area contributed by atoms with Crippen molar-refractivity contribution in [1.82, 2.24) is 4.98 Å². The minimum Gasteiger partial charge on any atom is -0.288 e. The fourth-order valence-electron chi connectivity index (χ4n) is 2.83. The van der Waals surface area contributed by atoms with Crippen molar-refractivity contribution in [2.24, 2.45) is 0 Å². The summed E-state index contributed by atoms with van der Waals surface area (Å²) in [4.78, 5) is 5.24. The van der Waals surface area contributed by atoms with Gasteiger partial charge in [-0.3, -0.25) is 20.7 Å². The summed E-state index contributed by atoms with van der Waals surface area (Å²) in [5.74, 6) is 0.595. The maximum absolute atomic E-state index is 12.8. The van der Waals surface area contributed by atoms with Crippen molar-refractivity contribution in [2.45, 2.75) is 25.9 Å². The number of halogens is 3. The number of hydrogen-bond donors (Lipinski definition) is 2. The Balaban J connectivity index is 2.04. The number of hydrogen-bond acceptors (Lipinski definition) is 3. The zero-order valence-electron chi connectivity index (χ0n) is 12.9. The molecule has 124 valence electrons. The molecular formula is C17H15F3N4. The van der Waals surface area contributed by atoms with Crippen LogP contribution in [0.3, 0.4) is 0 Å². The second kappa shape index (κ2) is 5.74. The molecule has 0 bridgehead atoms. The first-order valence-corrected chi connectivity index (χ1v) is 7.35. The van der Waals surface area contributed by atoms with Crippen molar-refractivity contribution < 1.29 is 13.2 Å². The molecule has 1 aliphatic heterocycles. The van der Waals surface area contributed by atoms with Crippen LogP contribution in [-0.4, -0.2) is 16.7 Å². The quantitative estimate of drug-likeness (QED) is 0.597. The van der Waals surface area contributed by atoms with Gasteiger partial charge in [0, 0.05) is 24.4 Å². The normalized spacial score (nSPS) is 14.5. The van der Waals surface area contributed by atoms with Gasteiger partial charge in [-0.2, -0.15) is 13.2 Å². The van der Waals surface area contributed by atoms with Gasteiger partial charge < -0.3 is 0 Å². The molecule has 0 spiro atoms. The van der Waals surface area contributed by atoms with Gasteiger partial charge in [0.05, 0.1) is 11.3 Å². The van der Waals surface area contributed by atoms with Gasteiger partial charge in [0.1, 0.15) is 11.7 Å². The number of anilines is 1. The Labute approximate surface area is 137 Å². The van der Waals surface area contributed by atoms with Crippen LogP contribution < -0.4 is 4.90 Å². The van der Waals surface area contributed by atoms with Crippen LogP contribution in [0.25, 0.3) is 11.1 Å². The highest BCUT2D eigenvalue weighted by atomic mass is 19.4. The molecule has 0 amide bonds. The molecule has 7 heteroatoms. The largest absolute Gasteiger partial charge is 0.417 e. The van der Waals surface area contributed by atoms with E-state index in [0.717, 1.165) is 23.5 Å². The molecule has 2 aromatic rings. The van der Waals surface area contributed by atoms with Crippen molar-refractivity contribution in [3.63, 3.8) is 0 Å². The number of nitrogens with one attached hydrogen (secondary N) is 2. The highest BCUT2D eigenvalue weighted by Crippen LogP contribution is 2.34. The molecule has 24 heavy (non-hydrogen) atoms. The summed E-state index contributed by atoms with van der Waals surface area (Å²) in [5.41, 5.74) is 1.90. The monoisotopic (exact) mass is 332 g/mol. The molecule has 2 heterocycles. The number of aryl methyl sites for hydroxylation is 1. The number of fused-ring (bicyclic) bond motifs is 1. The number of rotatable bonds is 1. The molecule has 1 aliphatic rings. The van der Waals surface area contributed by atoms with E-state index in [0.29, 0.717) is 29.8 Å². The van der Waals surface area contributed by atoms with Crippen LogP contribution in [0, 0.1) is 10.8 Å². The fraction of sp³-hybridized carbons (Fsp3) is 0.235. The van der Waals surface area contributed by atoms with Crippen LogP contribution in [0.1, 0.15) is 24.5 Å². The topological polar surface area (TPSA) is 63.8 Å². The molecule has 1 aromatic heterocycles. The molecule has 0 radical (unpaired) electrons. The number of amidine groups is 2. The lowest BCUT2D eigenvalue weighted by Gasteiger charge is -2.31. The van der Waals surface area contributed by atoms with Crippen molar-refractivity contribution in [1.29, 1.82) is 10.8 Å². The van der Waals surface area contributed by atoms with E-state index in [-0.39, 0.29) is 5.84 Å². The van der Waals surface area contributed by atoms with E-state index in [2.05, 4.69) is 4.98 Å². The highest BCUT2D eigenvalue weighted by Gasteiger charge is 2.31. The van der Waals surface area contributed by atoms with Crippen LogP contribution in [0.4, 0.5) is 18.9 Å². The second-order valence-corrected chi connectivity index (χ2v) is 5.67. The fourth-order valence-corrected chi connectivity index (χ4v) is 2.83. The van der Waals surface area contributed by atoms with Gasteiger partial charge in [0.2, 0.25) is 0 Å². The first-order chi connectivity index (χ1) is 11.3. The van der Waals surface area contributed by atoms with Gasteiger partial charge in [-0.1, -0.05) is 6.07 Å². The molecule has 2 N–H and O–H groups in total. The standard InChI is InChI=1S/C17H15F3N4/c1-10(21)24-15-4-2-11(6-12(15)3-5-16(24)22)13-7-14(9-23-8-13)17(18,19)20/h2,4,6-9,21-22H,3,5H2,1H3. The van der Waals surface area contributed by atoms with Crippen LogP contribution in [0.2, 0.25) is 0 Å². The van der Waals surface area contributed by atoms with Crippen molar-refractivity contribution in [3.8, 4) is 11.1 Å². The van der Waals surface area contributed by atoms with Crippen LogP contribution in [0.5, 0.6) is 0 Å². The van der Waals surface area contributed by atoms with Gasteiger partial charge in [0.15, 0.2) is 0 Å². The maximum Gasteiger partial charge on any atom is 0.417 e. The van der Waals surface area contributed by atoms with Crippen LogP contribution in [-0.2, 0) is 12.6 Å². The minimum absolute atomic E-state index is 0.245. The molecule has 0 fully saturated rings. The summed E-state index contributed by atoms with van der Waals surface area (Å²) < 4.78 is 38.5. The molecule has 1 aromatic carbocycles. The third kappa shape index (κ3) is 2.89. The van der Waals surface area contributed by atoms with Gasteiger partial charge in [-0.15, -0.1) is 0 Å². The Hall–Kier alpha value is -2.70. The molecular weight excluding hydrogens is 317 g/mol. The van der Waals surface area contributed by atoms with Gasteiger partial charge in [0.25, 0.3) is 0 Å². The van der Waals surface area contributed by atoms with E-state index < -0.39 is 11.7 Å². The Morgan fingerprint density at radius 1 is 1.12 bits per heavy atom. The van der Waals surface area contributed by atoms with E-state index in [9.17, 15) is 13.2 Å².